The third-order valence-corrected chi connectivity index (χ3v) is 3.98. The molecule has 1 aliphatic heterocycles. The second-order valence-corrected chi connectivity index (χ2v) is 5.01. The fourth-order valence-electron chi connectivity index (χ4n) is 1.99. The van der Waals surface area contributed by atoms with Crippen LogP contribution in [-0.2, 0) is 11.0 Å². The topological polar surface area (TPSA) is 66.3 Å². The summed E-state index contributed by atoms with van der Waals surface area (Å²) in [5.41, 5.74) is 0. The predicted molar refractivity (Wildman–Crippen MR) is 57.5 cm³/mol. The second kappa shape index (κ2) is 4.38. The molecule has 5 nitrogen and oxygen atoms in total. The van der Waals surface area contributed by atoms with Gasteiger partial charge in [-0.3, -0.25) is 4.79 Å². The molecule has 1 aliphatic rings. The third kappa shape index (κ3) is 2.26. The van der Waals surface area contributed by atoms with Gasteiger partial charge in [0.15, 0.2) is 0 Å². The second-order valence-electron chi connectivity index (χ2n) is 4.05. The molecule has 100 valence electrons. The van der Waals surface area contributed by atoms with Crippen molar-refractivity contribution < 1.29 is 23.1 Å². The number of nitrogens with zero attached hydrogens (tertiary/aromatic N) is 3. The minimum atomic E-state index is -4.51. The summed E-state index contributed by atoms with van der Waals surface area (Å²) >= 11 is 0.440. The average Bonchev–Trinajstić information content (AvgIpc) is 2.81. The predicted octanol–water partition coefficient (Wildman–Crippen LogP) is 1.86. The van der Waals surface area contributed by atoms with E-state index in [9.17, 15) is 18.0 Å². The van der Waals surface area contributed by atoms with Gasteiger partial charge < -0.3 is 10.0 Å². The van der Waals surface area contributed by atoms with Crippen LogP contribution in [0.3, 0.4) is 0 Å². The third-order valence-electron chi connectivity index (χ3n) is 2.97. The van der Waals surface area contributed by atoms with Crippen molar-refractivity contribution in [3.63, 3.8) is 0 Å². The highest BCUT2D eigenvalue weighted by atomic mass is 32.1. The Hall–Kier alpha value is -1.38. The molecule has 1 aromatic rings. The van der Waals surface area contributed by atoms with Crippen LogP contribution in [-0.4, -0.2) is 33.9 Å². The highest BCUT2D eigenvalue weighted by Crippen LogP contribution is 2.37. The van der Waals surface area contributed by atoms with Crippen LogP contribution < -0.4 is 4.90 Å². The molecule has 0 aliphatic carbocycles. The highest BCUT2D eigenvalue weighted by Gasteiger charge is 2.40. The normalized spacial score (nSPS) is 24.6. The molecule has 9 heteroatoms. The Bertz CT molecular complexity index is 462. The summed E-state index contributed by atoms with van der Waals surface area (Å²) < 4.78 is 37.2. The molecule has 0 aromatic carbocycles. The van der Waals surface area contributed by atoms with Gasteiger partial charge in [0.1, 0.15) is 0 Å². The summed E-state index contributed by atoms with van der Waals surface area (Å²) in [6.45, 7) is 2.05. The summed E-state index contributed by atoms with van der Waals surface area (Å²) in [4.78, 5) is 12.5. The van der Waals surface area contributed by atoms with Crippen LogP contribution >= 0.6 is 11.3 Å². The van der Waals surface area contributed by atoms with E-state index in [0.717, 1.165) is 0 Å². The summed E-state index contributed by atoms with van der Waals surface area (Å²) in [7, 11) is 0. The fourth-order valence-corrected chi connectivity index (χ4v) is 2.81. The van der Waals surface area contributed by atoms with E-state index in [1.807, 2.05) is 0 Å². The maximum atomic E-state index is 12.4. The lowest BCUT2D eigenvalue weighted by molar-refractivity contribution is -0.141. The zero-order chi connectivity index (χ0) is 13.5. The summed E-state index contributed by atoms with van der Waals surface area (Å²) in [6.07, 6.45) is -4.11. The maximum Gasteiger partial charge on any atom is 0.445 e. The Kier molecular flexibility index (Phi) is 3.18. The van der Waals surface area contributed by atoms with Crippen molar-refractivity contribution in [2.24, 2.45) is 5.92 Å². The molecule has 1 saturated heterocycles. The molecule has 1 N–H and O–H groups in total. The fraction of sp³-hybridized carbons (Fsp3) is 0.667. The van der Waals surface area contributed by atoms with E-state index in [-0.39, 0.29) is 11.2 Å². The van der Waals surface area contributed by atoms with Crippen molar-refractivity contribution >= 4 is 22.4 Å². The number of hydrogen-bond acceptors (Lipinski definition) is 5. The Labute approximate surface area is 104 Å². The molecule has 1 fully saturated rings. The van der Waals surface area contributed by atoms with Crippen LogP contribution in [0.15, 0.2) is 0 Å². The molecule has 0 bridgehead atoms. The number of anilines is 1. The molecule has 18 heavy (non-hydrogen) atoms. The van der Waals surface area contributed by atoms with Crippen LogP contribution in [0.5, 0.6) is 0 Å². The molecule has 0 radical (unpaired) electrons. The largest absolute Gasteiger partial charge is 0.481 e. The van der Waals surface area contributed by atoms with Gasteiger partial charge >= 0.3 is 12.1 Å². The molecule has 2 unspecified atom stereocenters. The summed E-state index contributed by atoms with van der Waals surface area (Å²) in [6, 6.07) is -0.378. The van der Waals surface area contributed by atoms with Crippen LogP contribution in [0.25, 0.3) is 0 Å². The molecule has 2 rings (SSSR count). The van der Waals surface area contributed by atoms with Gasteiger partial charge in [0.05, 0.1) is 5.92 Å². The van der Waals surface area contributed by atoms with Gasteiger partial charge in [0, 0.05) is 12.6 Å². The molecule has 2 atom stereocenters. The Morgan fingerprint density at radius 1 is 1.50 bits per heavy atom. The Morgan fingerprint density at radius 2 is 2.17 bits per heavy atom. The van der Waals surface area contributed by atoms with Crippen molar-refractivity contribution in [1.82, 2.24) is 10.2 Å². The molecule has 0 amide bonds. The van der Waals surface area contributed by atoms with E-state index in [2.05, 4.69) is 10.2 Å². The average molecular weight is 281 g/mol. The highest BCUT2D eigenvalue weighted by molar-refractivity contribution is 7.15. The van der Waals surface area contributed by atoms with E-state index in [0.29, 0.717) is 24.3 Å². The van der Waals surface area contributed by atoms with Crippen LogP contribution in [0.1, 0.15) is 18.4 Å². The number of aliphatic carboxylic acids is 1. The SMILES string of the molecule is CC1C(C(=O)O)CCN1c1nnc(C(F)(F)F)s1. The van der Waals surface area contributed by atoms with Gasteiger partial charge in [-0.25, -0.2) is 0 Å². The standard InChI is InChI=1S/C9H10F3N3O2S/c1-4-5(6(16)17)2-3-15(4)8-14-13-7(18-8)9(10,11)12/h4-5H,2-3H2,1H3,(H,16,17). The number of carboxylic acid groups (broad SMARTS) is 1. The zero-order valence-corrected chi connectivity index (χ0v) is 10.1. The van der Waals surface area contributed by atoms with Gasteiger partial charge in [-0.2, -0.15) is 13.2 Å². The number of alkyl halides is 3. The molecule has 0 spiro atoms. The first-order valence-electron chi connectivity index (χ1n) is 5.21. The van der Waals surface area contributed by atoms with Crippen molar-refractivity contribution in [2.45, 2.75) is 25.6 Å². The minimum Gasteiger partial charge on any atom is -0.481 e. The van der Waals surface area contributed by atoms with E-state index in [1.165, 1.54) is 0 Å². The van der Waals surface area contributed by atoms with Crippen LogP contribution in [0, 0.1) is 5.92 Å². The Morgan fingerprint density at radius 3 is 2.61 bits per heavy atom. The monoisotopic (exact) mass is 281 g/mol. The Balaban J connectivity index is 2.19. The number of hydrogen-bond donors (Lipinski definition) is 1. The van der Waals surface area contributed by atoms with E-state index < -0.39 is 23.1 Å². The van der Waals surface area contributed by atoms with E-state index in [4.69, 9.17) is 5.11 Å². The quantitative estimate of drug-likeness (QED) is 0.896. The molecular formula is C9H10F3N3O2S. The van der Waals surface area contributed by atoms with Crippen molar-refractivity contribution in [3.05, 3.63) is 5.01 Å². The first kappa shape index (κ1) is 13.1. The number of aromatic nitrogens is 2. The van der Waals surface area contributed by atoms with Gasteiger partial charge in [0.2, 0.25) is 10.1 Å². The van der Waals surface area contributed by atoms with Crippen LogP contribution in [0.4, 0.5) is 18.3 Å². The number of halogens is 3. The van der Waals surface area contributed by atoms with Gasteiger partial charge in [-0.15, -0.1) is 10.2 Å². The molecule has 0 saturated carbocycles. The van der Waals surface area contributed by atoms with Gasteiger partial charge in [-0.05, 0) is 13.3 Å². The minimum absolute atomic E-state index is 0.124. The number of rotatable bonds is 2. The van der Waals surface area contributed by atoms with Crippen molar-refractivity contribution in [1.29, 1.82) is 0 Å². The van der Waals surface area contributed by atoms with Gasteiger partial charge in [-0.1, -0.05) is 11.3 Å². The van der Waals surface area contributed by atoms with E-state index >= 15 is 0 Å². The molecular weight excluding hydrogens is 271 g/mol. The van der Waals surface area contributed by atoms with Gasteiger partial charge in [0.25, 0.3) is 0 Å². The smallest absolute Gasteiger partial charge is 0.445 e. The van der Waals surface area contributed by atoms with E-state index in [1.54, 1.807) is 11.8 Å². The first-order valence-corrected chi connectivity index (χ1v) is 6.02. The number of carbonyl (C=O) groups is 1. The number of carboxylic acids is 1. The lowest BCUT2D eigenvalue weighted by Crippen LogP contribution is -2.32. The van der Waals surface area contributed by atoms with Crippen molar-refractivity contribution in [2.75, 3.05) is 11.4 Å². The lowest BCUT2D eigenvalue weighted by atomic mass is 10.0. The molecule has 2 heterocycles. The summed E-state index contributed by atoms with van der Waals surface area (Å²) in [5.74, 6) is -1.52. The zero-order valence-electron chi connectivity index (χ0n) is 9.31. The van der Waals surface area contributed by atoms with Crippen molar-refractivity contribution in [3.8, 4) is 0 Å². The maximum absolute atomic E-state index is 12.4. The van der Waals surface area contributed by atoms with Crippen LogP contribution in [0.2, 0.25) is 0 Å². The summed E-state index contributed by atoms with van der Waals surface area (Å²) in [5, 5.41) is 14.6. The lowest BCUT2D eigenvalue weighted by Gasteiger charge is -2.21. The first-order chi connectivity index (χ1) is 8.30. The molecule has 1 aromatic heterocycles.